The fraction of sp³-hybridized carbons (Fsp3) is 0.429. The van der Waals surface area contributed by atoms with E-state index in [2.05, 4.69) is 9.72 Å². The molecule has 0 aliphatic heterocycles. The highest BCUT2D eigenvalue weighted by atomic mass is 19.2. The van der Waals surface area contributed by atoms with E-state index in [9.17, 15) is 13.6 Å². The van der Waals surface area contributed by atoms with E-state index in [0.29, 0.717) is 17.9 Å². The van der Waals surface area contributed by atoms with Crippen LogP contribution in [0.3, 0.4) is 0 Å². The van der Waals surface area contributed by atoms with Crippen LogP contribution in [0.25, 0.3) is 0 Å². The van der Waals surface area contributed by atoms with Gasteiger partial charge in [0, 0.05) is 20.0 Å². The van der Waals surface area contributed by atoms with Crippen molar-refractivity contribution in [2.75, 3.05) is 14.2 Å². The van der Waals surface area contributed by atoms with E-state index < -0.39 is 29.3 Å². The number of carbonyl (C=O) groups is 1. The van der Waals surface area contributed by atoms with Crippen LogP contribution in [0, 0.1) is 11.6 Å². The predicted octanol–water partition coefficient (Wildman–Crippen LogP) is 4.23. The molecule has 1 aliphatic rings. The molecule has 0 N–H and O–H groups in total. The fourth-order valence-corrected chi connectivity index (χ4v) is 3.05. The second-order valence-corrected chi connectivity index (χ2v) is 6.73. The summed E-state index contributed by atoms with van der Waals surface area (Å²) in [5.74, 6) is -3.19. The van der Waals surface area contributed by atoms with Crippen molar-refractivity contribution >= 4 is 5.97 Å². The van der Waals surface area contributed by atoms with Gasteiger partial charge < -0.3 is 18.9 Å². The lowest BCUT2D eigenvalue weighted by Crippen LogP contribution is -2.38. The summed E-state index contributed by atoms with van der Waals surface area (Å²) >= 11 is 0. The second kappa shape index (κ2) is 9.17. The number of rotatable bonds is 8. The summed E-state index contributed by atoms with van der Waals surface area (Å²) in [5, 5.41) is 0. The van der Waals surface area contributed by atoms with E-state index in [1.165, 1.54) is 6.07 Å². The van der Waals surface area contributed by atoms with Gasteiger partial charge in [-0.15, -0.1) is 0 Å². The zero-order valence-corrected chi connectivity index (χ0v) is 16.5. The molecule has 1 aromatic carbocycles. The van der Waals surface area contributed by atoms with Crippen LogP contribution < -0.4 is 9.47 Å². The van der Waals surface area contributed by atoms with Gasteiger partial charge in [0.1, 0.15) is 18.0 Å². The zero-order valence-electron chi connectivity index (χ0n) is 16.5. The predicted molar refractivity (Wildman–Crippen MR) is 100 cm³/mol. The number of ether oxygens (including phenoxy) is 4. The molecule has 0 amide bonds. The summed E-state index contributed by atoms with van der Waals surface area (Å²) in [6.07, 6.45) is 3.49. The van der Waals surface area contributed by atoms with E-state index in [1.54, 1.807) is 25.4 Å². The van der Waals surface area contributed by atoms with Crippen molar-refractivity contribution in [2.24, 2.45) is 0 Å². The molecule has 0 bridgehead atoms. The summed E-state index contributed by atoms with van der Waals surface area (Å²) < 4.78 is 49.5. The lowest BCUT2D eigenvalue weighted by molar-refractivity contribution is -0.0382. The van der Waals surface area contributed by atoms with Gasteiger partial charge in [-0.2, -0.15) is 4.39 Å². The van der Waals surface area contributed by atoms with E-state index in [-0.39, 0.29) is 18.0 Å². The lowest BCUT2D eigenvalue weighted by atomic mass is 9.92. The number of halogens is 2. The minimum absolute atomic E-state index is 0.108. The number of hydrogen-bond donors (Lipinski definition) is 0. The number of aromatic nitrogens is 1. The third-order valence-electron chi connectivity index (χ3n) is 4.87. The molecular formula is C21H23F2NO5. The first-order valence-electron chi connectivity index (χ1n) is 9.35. The molecule has 156 valence electrons. The minimum Gasteiger partial charge on any atom is -0.489 e. The van der Waals surface area contributed by atoms with Crippen LogP contribution in [0.1, 0.15) is 48.3 Å². The topological polar surface area (TPSA) is 66.9 Å². The zero-order chi connectivity index (χ0) is 21.0. The highest BCUT2D eigenvalue weighted by Gasteiger charge is 2.31. The van der Waals surface area contributed by atoms with Crippen LogP contribution in [0.5, 0.6) is 11.5 Å². The lowest BCUT2D eigenvalue weighted by Gasteiger charge is -2.34. The number of pyridine rings is 1. The maximum atomic E-state index is 14.3. The molecule has 2 aromatic rings. The Morgan fingerprint density at radius 1 is 1.14 bits per heavy atom. The normalized spacial score (nSPS) is 19.2. The maximum absolute atomic E-state index is 14.3. The number of benzene rings is 1. The molecule has 1 aliphatic carbocycles. The Morgan fingerprint density at radius 3 is 2.48 bits per heavy atom. The molecule has 0 spiro atoms. The monoisotopic (exact) mass is 407 g/mol. The van der Waals surface area contributed by atoms with Crippen molar-refractivity contribution in [2.45, 2.75) is 44.5 Å². The van der Waals surface area contributed by atoms with Crippen LogP contribution in [-0.2, 0) is 9.47 Å². The first-order chi connectivity index (χ1) is 14.0. The molecule has 8 heteroatoms. The van der Waals surface area contributed by atoms with Gasteiger partial charge in [0.25, 0.3) is 0 Å². The van der Waals surface area contributed by atoms with Crippen molar-refractivity contribution in [1.82, 2.24) is 4.98 Å². The highest BCUT2D eigenvalue weighted by molar-refractivity contribution is 5.89. The highest BCUT2D eigenvalue weighted by Crippen LogP contribution is 2.31. The van der Waals surface area contributed by atoms with E-state index in [4.69, 9.17) is 14.2 Å². The molecule has 3 rings (SSSR count). The Balaban J connectivity index is 1.68. The molecule has 1 fully saturated rings. The summed E-state index contributed by atoms with van der Waals surface area (Å²) in [7, 11) is 2.77. The second-order valence-electron chi connectivity index (χ2n) is 6.73. The van der Waals surface area contributed by atoms with Crippen LogP contribution in [0.2, 0.25) is 0 Å². The molecule has 0 saturated heterocycles. The largest absolute Gasteiger partial charge is 0.489 e. The first kappa shape index (κ1) is 21.0. The molecule has 1 aromatic heterocycles. The van der Waals surface area contributed by atoms with E-state index in [1.807, 2.05) is 6.92 Å². The van der Waals surface area contributed by atoms with Crippen LogP contribution in [0.4, 0.5) is 8.78 Å². The summed E-state index contributed by atoms with van der Waals surface area (Å²) in [4.78, 5) is 15.8. The van der Waals surface area contributed by atoms with Crippen molar-refractivity contribution < 1.29 is 32.5 Å². The van der Waals surface area contributed by atoms with Crippen molar-refractivity contribution in [3.05, 3.63) is 53.4 Å². The number of nitrogens with zero attached hydrogens (tertiary/aromatic N) is 1. The molecular weight excluding hydrogens is 384 g/mol. The fourth-order valence-electron chi connectivity index (χ4n) is 3.05. The maximum Gasteiger partial charge on any atom is 0.340 e. The molecule has 1 saturated carbocycles. The smallest absolute Gasteiger partial charge is 0.340 e. The number of esters is 1. The standard InChI is InChI=1S/C21H23F2NO5/c1-4-17(29-18-8-6-15(21(25)27-3)19(22)20(18)23)16-7-5-12(11-24-16)28-14-9-13(10-14)26-2/h5-8,11,13-14,17H,4,9-10H2,1-3H3/t13-,14-,17-/m1/s1. The minimum atomic E-state index is -1.31. The SMILES string of the molecule is CC[C@@H](Oc1ccc(C(=O)OC)c(F)c1F)c1ccc(O[C@H]2C[C@H](OC)C2)cn1. The molecule has 0 unspecified atom stereocenters. The first-order valence-corrected chi connectivity index (χ1v) is 9.35. The number of carbonyl (C=O) groups excluding carboxylic acids is 1. The van der Waals surface area contributed by atoms with Gasteiger partial charge in [0.05, 0.1) is 30.7 Å². The van der Waals surface area contributed by atoms with Gasteiger partial charge >= 0.3 is 5.97 Å². The Morgan fingerprint density at radius 2 is 1.90 bits per heavy atom. The van der Waals surface area contributed by atoms with Gasteiger partial charge in [0.15, 0.2) is 11.6 Å². The quantitative estimate of drug-likeness (QED) is 0.610. The molecule has 0 radical (unpaired) electrons. The Bertz CT molecular complexity index is 853. The van der Waals surface area contributed by atoms with Gasteiger partial charge in [-0.05, 0) is 30.7 Å². The van der Waals surface area contributed by atoms with Gasteiger partial charge in [0.2, 0.25) is 5.82 Å². The Kier molecular flexibility index (Phi) is 6.64. The third kappa shape index (κ3) is 4.64. The summed E-state index contributed by atoms with van der Waals surface area (Å²) in [5.41, 5.74) is 0.0665. The summed E-state index contributed by atoms with van der Waals surface area (Å²) in [6.45, 7) is 1.84. The molecule has 1 heterocycles. The van der Waals surface area contributed by atoms with Crippen molar-refractivity contribution in [3.63, 3.8) is 0 Å². The summed E-state index contributed by atoms with van der Waals surface area (Å²) in [6, 6.07) is 5.83. The van der Waals surface area contributed by atoms with Gasteiger partial charge in [-0.3, -0.25) is 4.98 Å². The van der Waals surface area contributed by atoms with E-state index in [0.717, 1.165) is 26.0 Å². The third-order valence-corrected chi connectivity index (χ3v) is 4.87. The molecule has 1 atom stereocenters. The van der Waals surface area contributed by atoms with Crippen molar-refractivity contribution in [3.8, 4) is 11.5 Å². The van der Waals surface area contributed by atoms with Crippen LogP contribution in [0.15, 0.2) is 30.5 Å². The van der Waals surface area contributed by atoms with Crippen LogP contribution in [-0.4, -0.2) is 37.4 Å². The van der Waals surface area contributed by atoms with E-state index >= 15 is 0 Å². The molecule has 29 heavy (non-hydrogen) atoms. The van der Waals surface area contributed by atoms with Crippen LogP contribution >= 0.6 is 0 Å². The number of methoxy groups -OCH3 is 2. The van der Waals surface area contributed by atoms with Gasteiger partial charge in [-0.1, -0.05) is 6.92 Å². The van der Waals surface area contributed by atoms with Gasteiger partial charge in [-0.25, -0.2) is 9.18 Å². The molecule has 6 nitrogen and oxygen atoms in total. The average Bonchev–Trinajstić information content (AvgIpc) is 2.71. The number of hydrogen-bond acceptors (Lipinski definition) is 6. The Hall–Kier alpha value is -2.74. The van der Waals surface area contributed by atoms with Crippen molar-refractivity contribution in [1.29, 1.82) is 0 Å². The Labute approximate surface area is 167 Å². The average molecular weight is 407 g/mol.